The van der Waals surface area contributed by atoms with Crippen LogP contribution in [0.5, 0.6) is 0 Å². The molecular formula is C9H13NOS. The molecule has 0 amide bonds. The predicted octanol–water partition coefficient (Wildman–Crippen LogP) is 2.34. The van der Waals surface area contributed by atoms with Gasteiger partial charge in [0.2, 0.25) is 0 Å². The Balaban J connectivity index is 2.94. The zero-order chi connectivity index (χ0) is 9.14. The monoisotopic (exact) mass is 183 g/mol. The van der Waals surface area contributed by atoms with E-state index in [1.54, 1.807) is 0 Å². The first-order valence-corrected chi connectivity index (χ1v) is 4.84. The fourth-order valence-corrected chi connectivity index (χ4v) is 1.93. The zero-order valence-electron chi connectivity index (χ0n) is 7.33. The SMILES string of the molecule is CC(C)Cc1c(C=O)csc1N. The van der Waals surface area contributed by atoms with Crippen molar-refractivity contribution in [2.45, 2.75) is 20.3 Å². The third-order valence-electron chi connectivity index (χ3n) is 1.70. The van der Waals surface area contributed by atoms with Crippen LogP contribution in [0.1, 0.15) is 29.8 Å². The average Bonchev–Trinajstić information content (AvgIpc) is 2.32. The van der Waals surface area contributed by atoms with Crippen LogP contribution < -0.4 is 5.73 Å². The number of nitrogen functional groups attached to an aromatic ring is 1. The molecule has 0 spiro atoms. The van der Waals surface area contributed by atoms with Crippen LogP contribution in [0.2, 0.25) is 0 Å². The summed E-state index contributed by atoms with van der Waals surface area (Å²) in [4.78, 5) is 10.6. The minimum absolute atomic E-state index is 0.542. The highest BCUT2D eigenvalue weighted by molar-refractivity contribution is 7.14. The van der Waals surface area contributed by atoms with Crippen LogP contribution in [0.15, 0.2) is 5.38 Å². The molecule has 1 aromatic heterocycles. The molecule has 0 fully saturated rings. The molecule has 12 heavy (non-hydrogen) atoms. The van der Waals surface area contributed by atoms with Gasteiger partial charge in [0, 0.05) is 10.9 Å². The maximum absolute atomic E-state index is 10.6. The molecule has 0 aliphatic rings. The van der Waals surface area contributed by atoms with Gasteiger partial charge in [0.05, 0.1) is 5.00 Å². The quantitative estimate of drug-likeness (QED) is 0.731. The zero-order valence-corrected chi connectivity index (χ0v) is 8.15. The van der Waals surface area contributed by atoms with E-state index >= 15 is 0 Å². The van der Waals surface area contributed by atoms with Crippen molar-refractivity contribution in [3.63, 3.8) is 0 Å². The molecule has 0 saturated heterocycles. The van der Waals surface area contributed by atoms with Gasteiger partial charge in [0.1, 0.15) is 0 Å². The van der Waals surface area contributed by atoms with Gasteiger partial charge in [-0.2, -0.15) is 0 Å². The van der Waals surface area contributed by atoms with Gasteiger partial charge in [-0.25, -0.2) is 0 Å². The fourth-order valence-electron chi connectivity index (χ4n) is 1.14. The third-order valence-corrected chi connectivity index (χ3v) is 2.57. The van der Waals surface area contributed by atoms with Crippen molar-refractivity contribution in [2.24, 2.45) is 5.92 Å². The molecule has 0 aromatic carbocycles. The maximum Gasteiger partial charge on any atom is 0.151 e. The molecule has 0 aliphatic carbocycles. The van der Waals surface area contributed by atoms with Crippen molar-refractivity contribution in [1.29, 1.82) is 0 Å². The highest BCUT2D eigenvalue weighted by Crippen LogP contribution is 2.26. The number of thiophene rings is 1. The van der Waals surface area contributed by atoms with Crippen molar-refractivity contribution < 1.29 is 4.79 Å². The first kappa shape index (κ1) is 9.26. The van der Waals surface area contributed by atoms with Crippen LogP contribution in [-0.4, -0.2) is 6.29 Å². The lowest BCUT2D eigenvalue weighted by atomic mass is 10.0. The molecule has 0 unspecified atom stereocenters. The average molecular weight is 183 g/mol. The second-order valence-corrected chi connectivity index (χ2v) is 4.16. The highest BCUT2D eigenvalue weighted by atomic mass is 32.1. The van der Waals surface area contributed by atoms with E-state index in [9.17, 15) is 4.79 Å². The van der Waals surface area contributed by atoms with Gasteiger partial charge in [-0.05, 0) is 17.9 Å². The predicted molar refractivity (Wildman–Crippen MR) is 52.7 cm³/mol. The van der Waals surface area contributed by atoms with Crippen molar-refractivity contribution in [3.05, 3.63) is 16.5 Å². The van der Waals surface area contributed by atoms with E-state index in [1.165, 1.54) is 11.3 Å². The van der Waals surface area contributed by atoms with Gasteiger partial charge in [-0.1, -0.05) is 13.8 Å². The Kier molecular flexibility index (Phi) is 2.87. The fraction of sp³-hybridized carbons (Fsp3) is 0.444. The summed E-state index contributed by atoms with van der Waals surface area (Å²) in [5, 5.41) is 2.60. The van der Waals surface area contributed by atoms with Crippen LogP contribution in [0, 0.1) is 5.92 Å². The normalized spacial score (nSPS) is 10.6. The van der Waals surface area contributed by atoms with Gasteiger partial charge in [-0.3, -0.25) is 4.79 Å². The van der Waals surface area contributed by atoms with Crippen molar-refractivity contribution in [2.75, 3.05) is 5.73 Å². The number of hydrogen-bond donors (Lipinski definition) is 1. The number of aldehydes is 1. The molecule has 2 nitrogen and oxygen atoms in total. The van der Waals surface area contributed by atoms with Crippen LogP contribution in [0.4, 0.5) is 5.00 Å². The van der Waals surface area contributed by atoms with Crippen LogP contribution in [-0.2, 0) is 6.42 Å². The maximum atomic E-state index is 10.6. The van der Waals surface area contributed by atoms with E-state index < -0.39 is 0 Å². The van der Waals surface area contributed by atoms with Gasteiger partial charge < -0.3 is 5.73 Å². The van der Waals surface area contributed by atoms with E-state index in [0.717, 1.165) is 28.8 Å². The molecule has 1 rings (SSSR count). The second-order valence-electron chi connectivity index (χ2n) is 3.25. The molecule has 0 aliphatic heterocycles. The largest absolute Gasteiger partial charge is 0.390 e. The first-order chi connectivity index (χ1) is 5.65. The lowest BCUT2D eigenvalue weighted by Crippen LogP contribution is -1.98. The topological polar surface area (TPSA) is 43.1 Å². The Morgan fingerprint density at radius 3 is 2.83 bits per heavy atom. The van der Waals surface area contributed by atoms with Gasteiger partial charge in [0.25, 0.3) is 0 Å². The number of anilines is 1. The van der Waals surface area contributed by atoms with E-state index in [1.807, 2.05) is 5.38 Å². The summed E-state index contributed by atoms with van der Waals surface area (Å²) in [5.74, 6) is 0.542. The molecule has 3 heteroatoms. The van der Waals surface area contributed by atoms with Crippen molar-refractivity contribution in [3.8, 4) is 0 Å². The molecular weight excluding hydrogens is 170 g/mol. The first-order valence-electron chi connectivity index (χ1n) is 3.96. The van der Waals surface area contributed by atoms with E-state index in [-0.39, 0.29) is 0 Å². The Bertz CT molecular complexity index is 278. The Morgan fingerprint density at radius 1 is 1.67 bits per heavy atom. The number of carbonyl (C=O) groups excluding carboxylic acids is 1. The second kappa shape index (κ2) is 3.72. The van der Waals surface area contributed by atoms with Crippen LogP contribution >= 0.6 is 11.3 Å². The summed E-state index contributed by atoms with van der Waals surface area (Å²) in [6.45, 7) is 4.23. The van der Waals surface area contributed by atoms with Gasteiger partial charge in [-0.15, -0.1) is 11.3 Å². The lowest BCUT2D eigenvalue weighted by molar-refractivity contribution is 0.112. The third kappa shape index (κ3) is 1.85. The van der Waals surface area contributed by atoms with Crippen molar-refractivity contribution >= 4 is 22.6 Å². The number of carbonyl (C=O) groups is 1. The standard InChI is InChI=1S/C9H13NOS/c1-6(2)3-8-7(4-11)5-12-9(8)10/h4-6H,3,10H2,1-2H3. The van der Waals surface area contributed by atoms with E-state index in [2.05, 4.69) is 13.8 Å². The minimum Gasteiger partial charge on any atom is -0.390 e. The summed E-state index contributed by atoms with van der Waals surface area (Å²) in [5.41, 5.74) is 7.50. The van der Waals surface area contributed by atoms with E-state index in [0.29, 0.717) is 5.92 Å². The number of hydrogen-bond acceptors (Lipinski definition) is 3. The summed E-state index contributed by atoms with van der Waals surface area (Å²) in [7, 11) is 0. The molecule has 2 N–H and O–H groups in total. The van der Waals surface area contributed by atoms with E-state index in [4.69, 9.17) is 5.73 Å². The minimum atomic E-state index is 0.542. The molecule has 0 saturated carbocycles. The van der Waals surface area contributed by atoms with Crippen LogP contribution in [0.25, 0.3) is 0 Å². The molecule has 0 bridgehead atoms. The molecule has 1 heterocycles. The van der Waals surface area contributed by atoms with Gasteiger partial charge in [0.15, 0.2) is 6.29 Å². The highest BCUT2D eigenvalue weighted by Gasteiger charge is 2.09. The molecule has 66 valence electrons. The summed E-state index contributed by atoms with van der Waals surface area (Å²) in [6, 6.07) is 0. The molecule has 0 radical (unpaired) electrons. The van der Waals surface area contributed by atoms with Gasteiger partial charge >= 0.3 is 0 Å². The van der Waals surface area contributed by atoms with Crippen LogP contribution in [0.3, 0.4) is 0 Å². The Morgan fingerprint density at radius 2 is 2.33 bits per heavy atom. The number of nitrogens with two attached hydrogens (primary N) is 1. The number of rotatable bonds is 3. The summed E-state index contributed by atoms with van der Waals surface area (Å²) >= 11 is 1.44. The lowest BCUT2D eigenvalue weighted by Gasteiger charge is -2.04. The summed E-state index contributed by atoms with van der Waals surface area (Å²) in [6.07, 6.45) is 1.77. The Labute approximate surface area is 76.4 Å². The Hall–Kier alpha value is -0.830. The molecule has 0 atom stereocenters. The molecule has 1 aromatic rings. The van der Waals surface area contributed by atoms with Crippen molar-refractivity contribution in [1.82, 2.24) is 0 Å². The summed E-state index contributed by atoms with van der Waals surface area (Å²) < 4.78 is 0. The smallest absolute Gasteiger partial charge is 0.151 e.